The summed E-state index contributed by atoms with van der Waals surface area (Å²) < 4.78 is 5.08. The molecule has 0 aliphatic carbocycles. The number of esters is 1. The summed E-state index contributed by atoms with van der Waals surface area (Å²) in [5.41, 5.74) is 1.34. The lowest BCUT2D eigenvalue weighted by atomic mass is 10.1. The normalized spacial score (nSPS) is 27.8. The summed E-state index contributed by atoms with van der Waals surface area (Å²) in [6, 6.07) is 0.505. The zero-order valence-corrected chi connectivity index (χ0v) is 12.7. The number of rotatable bonds is 3. The number of cyclic esters (lactones) is 1. The maximum Gasteiger partial charge on any atom is 0.336 e. The third-order valence-corrected chi connectivity index (χ3v) is 4.81. The van der Waals surface area contributed by atoms with Crippen molar-refractivity contribution < 1.29 is 14.3 Å². The summed E-state index contributed by atoms with van der Waals surface area (Å²) in [7, 11) is 0. The molecule has 0 aromatic rings. The maximum atomic E-state index is 12.8. The van der Waals surface area contributed by atoms with Crippen molar-refractivity contribution in [3.05, 3.63) is 11.3 Å². The van der Waals surface area contributed by atoms with Crippen LogP contribution in [-0.2, 0) is 9.53 Å². The van der Waals surface area contributed by atoms with Gasteiger partial charge in [0.2, 0.25) is 0 Å². The predicted octanol–water partition coefficient (Wildman–Crippen LogP) is 1.09. The van der Waals surface area contributed by atoms with Crippen molar-refractivity contribution in [3.8, 4) is 0 Å². The van der Waals surface area contributed by atoms with Gasteiger partial charge in [-0.1, -0.05) is 6.92 Å². The van der Waals surface area contributed by atoms with E-state index in [9.17, 15) is 9.59 Å². The van der Waals surface area contributed by atoms with E-state index in [0.29, 0.717) is 11.6 Å². The Bertz CT molecular complexity index is 483. The van der Waals surface area contributed by atoms with Gasteiger partial charge in [0.05, 0.1) is 17.3 Å². The Morgan fingerprint density at radius 1 is 1.29 bits per heavy atom. The number of urea groups is 1. The quantitative estimate of drug-likeness (QED) is 0.791. The molecule has 0 aromatic carbocycles. The van der Waals surface area contributed by atoms with Crippen LogP contribution in [0.5, 0.6) is 0 Å². The first kappa shape index (κ1) is 14.4. The topological polar surface area (TPSA) is 61.9 Å². The summed E-state index contributed by atoms with van der Waals surface area (Å²) >= 11 is 0. The summed E-state index contributed by atoms with van der Waals surface area (Å²) in [6.45, 7) is 6.75. The van der Waals surface area contributed by atoms with Gasteiger partial charge in [0.25, 0.3) is 0 Å². The third kappa shape index (κ3) is 2.41. The highest BCUT2D eigenvalue weighted by molar-refractivity contribution is 5.92. The van der Waals surface area contributed by atoms with Crippen LogP contribution in [0.4, 0.5) is 4.79 Å². The number of nitrogens with one attached hydrogen (secondary N) is 1. The molecule has 1 atom stereocenters. The molecule has 116 valence electrons. The monoisotopic (exact) mass is 293 g/mol. The van der Waals surface area contributed by atoms with Crippen LogP contribution in [-0.4, -0.2) is 60.1 Å². The number of ether oxygens (including phenoxy) is 1. The van der Waals surface area contributed by atoms with E-state index in [2.05, 4.69) is 12.2 Å². The molecule has 0 unspecified atom stereocenters. The Labute approximate surface area is 125 Å². The fraction of sp³-hybridized carbons (Fsp3) is 0.733. The van der Waals surface area contributed by atoms with Crippen molar-refractivity contribution in [1.29, 1.82) is 0 Å². The van der Waals surface area contributed by atoms with E-state index >= 15 is 0 Å². The zero-order chi connectivity index (χ0) is 15.0. The average molecular weight is 293 g/mol. The fourth-order valence-electron chi connectivity index (χ4n) is 3.47. The van der Waals surface area contributed by atoms with Crippen molar-refractivity contribution in [2.75, 3.05) is 26.2 Å². The first-order valence-electron chi connectivity index (χ1n) is 7.81. The van der Waals surface area contributed by atoms with Gasteiger partial charge in [-0.15, -0.1) is 0 Å². The molecule has 3 aliphatic rings. The van der Waals surface area contributed by atoms with E-state index < -0.39 is 0 Å². The van der Waals surface area contributed by atoms with E-state index in [0.717, 1.165) is 44.6 Å². The van der Waals surface area contributed by atoms with E-state index in [1.807, 2.05) is 9.80 Å². The van der Waals surface area contributed by atoms with Gasteiger partial charge >= 0.3 is 12.0 Å². The van der Waals surface area contributed by atoms with Crippen LogP contribution in [0.25, 0.3) is 0 Å². The smallest absolute Gasteiger partial charge is 0.336 e. The van der Waals surface area contributed by atoms with Gasteiger partial charge in [0.15, 0.2) is 0 Å². The average Bonchev–Trinajstić information content (AvgIpc) is 3.01. The van der Waals surface area contributed by atoms with Crippen LogP contribution in [0.3, 0.4) is 0 Å². The standard InChI is InChI=1S/C15H23N3O3/c1-3-11-8-17(12-4-6-16-7-5-12)15(20)18(11)13-9-21-14(19)10(13)2/h11-12,16H,3-9H2,1-2H3/t11-/m1/s1. The van der Waals surface area contributed by atoms with Crippen molar-refractivity contribution in [1.82, 2.24) is 15.1 Å². The molecule has 0 radical (unpaired) electrons. The Morgan fingerprint density at radius 3 is 2.57 bits per heavy atom. The van der Waals surface area contributed by atoms with Gasteiger partial charge in [0.1, 0.15) is 6.61 Å². The molecule has 3 rings (SSSR count). The summed E-state index contributed by atoms with van der Waals surface area (Å²) in [4.78, 5) is 28.2. The van der Waals surface area contributed by atoms with Crippen molar-refractivity contribution in [2.45, 2.75) is 45.2 Å². The SMILES string of the molecule is CC[C@@H]1CN(C2CCNCC2)C(=O)N1C1=C(C)C(=O)OC1. The van der Waals surface area contributed by atoms with Crippen LogP contribution >= 0.6 is 0 Å². The maximum absolute atomic E-state index is 12.8. The molecule has 0 bridgehead atoms. The number of nitrogens with zero attached hydrogens (tertiary/aromatic N) is 2. The summed E-state index contributed by atoms with van der Waals surface area (Å²) in [5.74, 6) is -0.298. The number of carbonyl (C=O) groups excluding carboxylic acids is 2. The lowest BCUT2D eigenvalue weighted by Crippen LogP contribution is -2.45. The highest BCUT2D eigenvalue weighted by atomic mass is 16.5. The summed E-state index contributed by atoms with van der Waals surface area (Å²) in [6.07, 6.45) is 2.89. The second-order valence-electron chi connectivity index (χ2n) is 6.00. The van der Waals surface area contributed by atoms with Crippen LogP contribution in [0.15, 0.2) is 11.3 Å². The van der Waals surface area contributed by atoms with E-state index in [-0.39, 0.29) is 24.6 Å². The highest BCUT2D eigenvalue weighted by Gasteiger charge is 2.43. The fourth-order valence-corrected chi connectivity index (χ4v) is 3.47. The third-order valence-electron chi connectivity index (χ3n) is 4.81. The molecule has 0 aromatic heterocycles. The van der Waals surface area contributed by atoms with Crippen molar-refractivity contribution in [2.24, 2.45) is 0 Å². The zero-order valence-electron chi connectivity index (χ0n) is 12.7. The van der Waals surface area contributed by atoms with Crippen LogP contribution in [0.2, 0.25) is 0 Å². The van der Waals surface area contributed by atoms with Gasteiger partial charge in [0, 0.05) is 12.6 Å². The van der Waals surface area contributed by atoms with Gasteiger partial charge in [-0.25, -0.2) is 9.59 Å². The molecule has 6 nitrogen and oxygen atoms in total. The Balaban J connectivity index is 1.83. The molecule has 3 heterocycles. The first-order chi connectivity index (χ1) is 10.1. The van der Waals surface area contributed by atoms with Crippen molar-refractivity contribution in [3.63, 3.8) is 0 Å². The van der Waals surface area contributed by atoms with Gasteiger partial charge in [-0.2, -0.15) is 0 Å². The molecule has 2 fully saturated rings. The van der Waals surface area contributed by atoms with E-state index in [4.69, 9.17) is 4.74 Å². The molecule has 2 saturated heterocycles. The van der Waals surface area contributed by atoms with Gasteiger partial charge in [-0.05, 0) is 39.3 Å². The number of piperidine rings is 1. The van der Waals surface area contributed by atoms with E-state index in [1.165, 1.54) is 0 Å². The van der Waals surface area contributed by atoms with Crippen LogP contribution in [0, 0.1) is 0 Å². The minimum absolute atomic E-state index is 0.0430. The molecule has 21 heavy (non-hydrogen) atoms. The predicted molar refractivity (Wildman–Crippen MR) is 77.6 cm³/mol. The first-order valence-corrected chi connectivity index (χ1v) is 7.81. The molecule has 0 spiro atoms. The second-order valence-corrected chi connectivity index (χ2v) is 6.00. The molecule has 3 aliphatic heterocycles. The lowest BCUT2D eigenvalue weighted by molar-refractivity contribution is -0.136. The highest BCUT2D eigenvalue weighted by Crippen LogP contribution is 2.31. The number of amides is 2. The number of hydrogen-bond acceptors (Lipinski definition) is 4. The Kier molecular flexibility index (Phi) is 3.89. The minimum atomic E-state index is -0.298. The van der Waals surface area contributed by atoms with Crippen LogP contribution < -0.4 is 5.32 Å². The molecular formula is C15H23N3O3. The minimum Gasteiger partial charge on any atom is -0.456 e. The molecule has 2 amide bonds. The molecular weight excluding hydrogens is 270 g/mol. The van der Waals surface area contributed by atoms with Crippen LogP contribution in [0.1, 0.15) is 33.1 Å². The largest absolute Gasteiger partial charge is 0.456 e. The molecule has 0 saturated carbocycles. The second kappa shape index (κ2) is 5.67. The van der Waals surface area contributed by atoms with Gasteiger partial charge in [-0.3, -0.25) is 4.90 Å². The molecule has 1 N–H and O–H groups in total. The Hall–Kier alpha value is -1.56. The lowest BCUT2D eigenvalue weighted by Gasteiger charge is -2.31. The van der Waals surface area contributed by atoms with Gasteiger partial charge < -0.3 is 15.0 Å². The Morgan fingerprint density at radius 2 is 2.00 bits per heavy atom. The number of carbonyl (C=O) groups is 2. The van der Waals surface area contributed by atoms with E-state index in [1.54, 1.807) is 6.92 Å². The number of hydrogen-bond donors (Lipinski definition) is 1. The summed E-state index contributed by atoms with van der Waals surface area (Å²) in [5, 5.41) is 3.33. The molecule has 6 heteroatoms. The van der Waals surface area contributed by atoms with Crippen molar-refractivity contribution >= 4 is 12.0 Å².